The molecule has 9 heteroatoms. The van der Waals surface area contributed by atoms with E-state index in [4.69, 9.17) is 4.74 Å². The predicted octanol–water partition coefficient (Wildman–Crippen LogP) is 1.86. The van der Waals surface area contributed by atoms with E-state index in [1.807, 2.05) is 5.32 Å². The van der Waals surface area contributed by atoms with Crippen molar-refractivity contribution in [3.05, 3.63) is 30.3 Å². The molecule has 0 fully saturated rings. The van der Waals surface area contributed by atoms with Crippen LogP contribution in [-0.2, 0) is 14.3 Å². The monoisotopic (exact) mass is 343 g/mol. The zero-order valence-electron chi connectivity index (χ0n) is 12.8. The average Bonchev–Trinajstić information content (AvgIpc) is 2.98. The summed E-state index contributed by atoms with van der Waals surface area (Å²) in [4.78, 5) is 23.9. The summed E-state index contributed by atoms with van der Waals surface area (Å²) in [7, 11) is 0. The van der Waals surface area contributed by atoms with Crippen molar-refractivity contribution in [2.24, 2.45) is 5.10 Å². The molecule has 0 bridgehead atoms. The number of benzene rings is 1. The Balaban J connectivity index is 2.19. The molecule has 1 aliphatic heterocycles. The van der Waals surface area contributed by atoms with Crippen LogP contribution in [0.5, 0.6) is 0 Å². The zero-order valence-corrected chi connectivity index (χ0v) is 12.8. The normalized spacial score (nSPS) is 17.4. The first-order valence-electron chi connectivity index (χ1n) is 7.25. The fourth-order valence-corrected chi connectivity index (χ4v) is 2.18. The Morgan fingerprint density at radius 3 is 2.58 bits per heavy atom. The number of anilines is 1. The Hall–Kier alpha value is -2.58. The number of hydrogen-bond acceptors (Lipinski definition) is 5. The number of nitrogens with zero attached hydrogens (tertiary/aromatic N) is 2. The number of rotatable bonds is 5. The third kappa shape index (κ3) is 4.46. The van der Waals surface area contributed by atoms with Crippen LogP contribution in [-0.4, -0.2) is 43.0 Å². The van der Waals surface area contributed by atoms with E-state index < -0.39 is 30.6 Å². The van der Waals surface area contributed by atoms with Crippen molar-refractivity contribution >= 4 is 23.3 Å². The Labute approximate surface area is 136 Å². The minimum atomic E-state index is -4.52. The summed E-state index contributed by atoms with van der Waals surface area (Å²) < 4.78 is 41.7. The second-order valence-corrected chi connectivity index (χ2v) is 5.00. The number of carbonyl (C=O) groups excluding carboxylic acids is 2. The maximum atomic E-state index is 12.3. The number of amides is 1. The number of carbonyl (C=O) groups is 2. The van der Waals surface area contributed by atoms with Gasteiger partial charge in [-0.1, -0.05) is 18.2 Å². The topological polar surface area (TPSA) is 71.0 Å². The van der Waals surface area contributed by atoms with Crippen molar-refractivity contribution in [3.8, 4) is 0 Å². The van der Waals surface area contributed by atoms with Crippen LogP contribution >= 0.6 is 0 Å². The molecule has 0 saturated heterocycles. The fraction of sp³-hybridized carbons (Fsp3) is 0.400. The lowest BCUT2D eigenvalue weighted by Crippen LogP contribution is -2.45. The molecule has 1 heterocycles. The minimum Gasteiger partial charge on any atom is -0.461 e. The number of hydrazone groups is 1. The maximum absolute atomic E-state index is 12.3. The van der Waals surface area contributed by atoms with Gasteiger partial charge in [-0.3, -0.25) is 9.80 Å². The smallest absolute Gasteiger partial charge is 0.405 e. The fourth-order valence-electron chi connectivity index (χ4n) is 2.18. The van der Waals surface area contributed by atoms with Crippen molar-refractivity contribution in [3.63, 3.8) is 0 Å². The second kappa shape index (κ2) is 7.33. The summed E-state index contributed by atoms with van der Waals surface area (Å²) in [6.07, 6.45) is -4.64. The molecule has 0 radical (unpaired) electrons. The molecule has 24 heavy (non-hydrogen) atoms. The highest BCUT2D eigenvalue weighted by Gasteiger charge is 2.38. The van der Waals surface area contributed by atoms with Gasteiger partial charge in [-0.15, -0.1) is 0 Å². The molecule has 1 aromatic carbocycles. The third-order valence-corrected chi connectivity index (χ3v) is 3.21. The predicted molar refractivity (Wildman–Crippen MR) is 80.5 cm³/mol. The van der Waals surface area contributed by atoms with E-state index in [9.17, 15) is 22.8 Å². The standard InChI is InChI=1S/C15H16F3N3O3/c1-2-24-14(23)11-8-12(13(22)19-9-15(16,17)18)21(20-11)10-6-4-3-5-7-10/h3-7,12H,2,8-9H2,1H3,(H,19,22). The molecule has 0 aromatic heterocycles. The lowest BCUT2D eigenvalue weighted by molar-refractivity contribution is -0.139. The lowest BCUT2D eigenvalue weighted by Gasteiger charge is -2.23. The van der Waals surface area contributed by atoms with Crippen LogP contribution in [0.4, 0.5) is 18.9 Å². The quantitative estimate of drug-likeness (QED) is 0.829. The first-order chi connectivity index (χ1) is 11.3. The summed E-state index contributed by atoms with van der Waals surface area (Å²) >= 11 is 0. The molecular weight excluding hydrogens is 327 g/mol. The molecule has 0 aliphatic carbocycles. The highest BCUT2D eigenvalue weighted by Crippen LogP contribution is 2.25. The van der Waals surface area contributed by atoms with Gasteiger partial charge in [0.15, 0.2) is 0 Å². The van der Waals surface area contributed by atoms with Crippen molar-refractivity contribution in [1.29, 1.82) is 0 Å². The van der Waals surface area contributed by atoms with Crippen LogP contribution in [0.25, 0.3) is 0 Å². The van der Waals surface area contributed by atoms with E-state index in [2.05, 4.69) is 5.10 Å². The van der Waals surface area contributed by atoms with E-state index in [1.54, 1.807) is 37.3 Å². The van der Waals surface area contributed by atoms with Crippen molar-refractivity contribution in [2.45, 2.75) is 25.6 Å². The molecule has 1 atom stereocenters. The molecule has 0 saturated carbocycles. The summed E-state index contributed by atoms with van der Waals surface area (Å²) in [6, 6.07) is 7.36. The van der Waals surface area contributed by atoms with Crippen LogP contribution in [0, 0.1) is 0 Å². The van der Waals surface area contributed by atoms with E-state index in [-0.39, 0.29) is 18.7 Å². The maximum Gasteiger partial charge on any atom is 0.405 e. The highest BCUT2D eigenvalue weighted by atomic mass is 19.4. The number of esters is 1. The lowest BCUT2D eigenvalue weighted by atomic mass is 10.1. The van der Waals surface area contributed by atoms with Crippen LogP contribution in [0.1, 0.15) is 13.3 Å². The van der Waals surface area contributed by atoms with Gasteiger partial charge in [0.2, 0.25) is 5.91 Å². The second-order valence-electron chi connectivity index (χ2n) is 5.00. The van der Waals surface area contributed by atoms with Gasteiger partial charge >= 0.3 is 12.1 Å². The van der Waals surface area contributed by atoms with Gasteiger partial charge < -0.3 is 10.1 Å². The van der Waals surface area contributed by atoms with Gasteiger partial charge in [0, 0.05) is 6.42 Å². The van der Waals surface area contributed by atoms with E-state index in [1.165, 1.54) is 5.01 Å². The molecule has 1 aromatic rings. The van der Waals surface area contributed by atoms with Gasteiger partial charge in [-0.2, -0.15) is 18.3 Å². The molecule has 1 N–H and O–H groups in total. The molecule has 2 rings (SSSR count). The van der Waals surface area contributed by atoms with Gasteiger partial charge in [0.25, 0.3) is 0 Å². The zero-order chi connectivity index (χ0) is 17.7. The van der Waals surface area contributed by atoms with Gasteiger partial charge in [0.05, 0.1) is 12.3 Å². The summed E-state index contributed by atoms with van der Waals surface area (Å²) in [6.45, 7) is 0.309. The molecule has 0 spiro atoms. The number of para-hydroxylation sites is 1. The first kappa shape index (κ1) is 17.8. The number of ether oxygens (including phenoxy) is 1. The number of alkyl halides is 3. The van der Waals surface area contributed by atoms with E-state index in [0.717, 1.165) is 0 Å². The molecule has 6 nitrogen and oxygen atoms in total. The van der Waals surface area contributed by atoms with E-state index >= 15 is 0 Å². The van der Waals surface area contributed by atoms with Crippen LogP contribution in [0.2, 0.25) is 0 Å². The molecule has 130 valence electrons. The average molecular weight is 343 g/mol. The Kier molecular flexibility index (Phi) is 5.42. The Morgan fingerprint density at radius 1 is 1.33 bits per heavy atom. The Morgan fingerprint density at radius 2 is 2.00 bits per heavy atom. The minimum absolute atomic E-state index is 0.00661. The van der Waals surface area contributed by atoms with E-state index in [0.29, 0.717) is 5.69 Å². The van der Waals surface area contributed by atoms with Crippen molar-refractivity contribution in [2.75, 3.05) is 18.2 Å². The molecular formula is C15H16F3N3O3. The summed E-state index contributed by atoms with van der Waals surface area (Å²) in [5.41, 5.74) is 0.483. The molecule has 1 aliphatic rings. The third-order valence-electron chi connectivity index (χ3n) is 3.21. The Bertz CT molecular complexity index is 632. The number of nitrogens with one attached hydrogen (secondary N) is 1. The SMILES string of the molecule is CCOC(=O)C1=NN(c2ccccc2)C(C(=O)NCC(F)(F)F)C1. The summed E-state index contributed by atoms with van der Waals surface area (Å²) in [5.74, 6) is -1.55. The van der Waals surface area contributed by atoms with Crippen LogP contribution < -0.4 is 10.3 Å². The van der Waals surface area contributed by atoms with Gasteiger partial charge in [0.1, 0.15) is 18.3 Å². The van der Waals surface area contributed by atoms with Crippen molar-refractivity contribution < 1.29 is 27.5 Å². The summed E-state index contributed by atoms with van der Waals surface area (Å²) in [5, 5.41) is 7.12. The molecule has 1 amide bonds. The van der Waals surface area contributed by atoms with Gasteiger partial charge in [-0.05, 0) is 19.1 Å². The largest absolute Gasteiger partial charge is 0.461 e. The highest BCUT2D eigenvalue weighted by molar-refractivity contribution is 6.38. The van der Waals surface area contributed by atoms with Crippen LogP contribution in [0.3, 0.4) is 0 Å². The number of halogens is 3. The first-order valence-corrected chi connectivity index (χ1v) is 7.25. The van der Waals surface area contributed by atoms with Crippen LogP contribution in [0.15, 0.2) is 35.4 Å². The molecule has 1 unspecified atom stereocenters. The van der Waals surface area contributed by atoms with Crippen molar-refractivity contribution in [1.82, 2.24) is 5.32 Å². The van der Waals surface area contributed by atoms with Gasteiger partial charge in [-0.25, -0.2) is 4.79 Å². The number of hydrogen-bond donors (Lipinski definition) is 1.